The lowest BCUT2D eigenvalue weighted by Gasteiger charge is -2.05. The van der Waals surface area contributed by atoms with Gasteiger partial charge in [0.05, 0.1) is 11.4 Å². The van der Waals surface area contributed by atoms with Crippen LogP contribution in [0.25, 0.3) is 0 Å². The molecule has 0 aliphatic heterocycles. The second-order valence-electron chi connectivity index (χ2n) is 4.15. The van der Waals surface area contributed by atoms with E-state index >= 15 is 0 Å². The summed E-state index contributed by atoms with van der Waals surface area (Å²) in [7, 11) is 0. The van der Waals surface area contributed by atoms with Gasteiger partial charge in [0.15, 0.2) is 4.34 Å². The molecule has 0 fully saturated rings. The number of unbranched alkanes of at least 4 members (excludes halogenated alkanes) is 1. The van der Waals surface area contributed by atoms with Crippen LogP contribution in [0.5, 0.6) is 0 Å². The third-order valence-corrected chi connectivity index (χ3v) is 4.66. The molecule has 0 aromatic carbocycles. The number of carboxylic acids is 1. The normalized spacial score (nSPS) is 10.2. The van der Waals surface area contributed by atoms with Gasteiger partial charge in [-0.1, -0.05) is 25.1 Å². The summed E-state index contributed by atoms with van der Waals surface area (Å²) in [5.41, 5.74) is 0.424. The van der Waals surface area contributed by atoms with Crippen LogP contribution < -0.4 is 10.6 Å². The Bertz CT molecular complexity index is 531. The Kier molecular flexibility index (Phi) is 7.17. The van der Waals surface area contributed by atoms with Gasteiger partial charge in [0.25, 0.3) is 0 Å². The summed E-state index contributed by atoms with van der Waals surface area (Å²) in [6.45, 7) is 4.13. The maximum absolute atomic E-state index is 11.6. The van der Waals surface area contributed by atoms with E-state index in [-0.39, 0.29) is 10.6 Å². The number of aromatic carboxylic acids is 1. The minimum atomic E-state index is -1.03. The average molecular weight is 331 g/mol. The Balaban J connectivity index is 2.37. The minimum Gasteiger partial charge on any atom is -0.477 e. The molecule has 0 bridgehead atoms. The van der Waals surface area contributed by atoms with Crippen molar-refractivity contribution in [2.24, 2.45) is 0 Å². The molecular formula is C12H17N3O4S2. The van der Waals surface area contributed by atoms with Gasteiger partial charge in [-0.15, -0.1) is 11.3 Å². The quantitative estimate of drug-likeness (QED) is 0.520. The van der Waals surface area contributed by atoms with Crippen molar-refractivity contribution in [3.8, 4) is 0 Å². The topological polar surface area (TPSA) is 108 Å². The number of thioether (sulfide) groups is 1. The highest BCUT2D eigenvalue weighted by atomic mass is 32.2. The number of aromatic nitrogens is 1. The summed E-state index contributed by atoms with van der Waals surface area (Å²) in [5, 5.41) is 13.7. The monoisotopic (exact) mass is 331 g/mol. The lowest BCUT2D eigenvalue weighted by molar-refractivity contribution is -0.117. The highest BCUT2D eigenvalue weighted by Crippen LogP contribution is 2.26. The molecule has 0 aliphatic carbocycles. The van der Waals surface area contributed by atoms with Crippen LogP contribution in [0.4, 0.5) is 4.79 Å². The summed E-state index contributed by atoms with van der Waals surface area (Å²) < 4.78 is 0.492. The lowest BCUT2D eigenvalue weighted by atomic mass is 10.3. The molecule has 9 heteroatoms. The fraction of sp³-hybridized carbons (Fsp3) is 0.500. The van der Waals surface area contributed by atoms with Gasteiger partial charge < -0.3 is 10.4 Å². The fourth-order valence-electron chi connectivity index (χ4n) is 1.34. The van der Waals surface area contributed by atoms with E-state index in [2.05, 4.69) is 15.6 Å². The average Bonchev–Trinajstić information content (AvgIpc) is 2.78. The summed E-state index contributed by atoms with van der Waals surface area (Å²) in [6.07, 6.45) is 1.81. The van der Waals surface area contributed by atoms with Crippen molar-refractivity contribution in [3.63, 3.8) is 0 Å². The number of nitrogens with zero attached hydrogens (tertiary/aromatic N) is 1. The number of carboxylic acid groups (broad SMARTS) is 1. The highest BCUT2D eigenvalue weighted by molar-refractivity contribution is 8.01. The van der Waals surface area contributed by atoms with Gasteiger partial charge in [-0.2, -0.15) is 0 Å². The molecular weight excluding hydrogens is 314 g/mol. The zero-order chi connectivity index (χ0) is 15.8. The van der Waals surface area contributed by atoms with Crippen molar-refractivity contribution in [3.05, 3.63) is 10.6 Å². The Morgan fingerprint density at radius 3 is 2.67 bits per heavy atom. The molecule has 1 heterocycles. The van der Waals surface area contributed by atoms with Crippen LogP contribution in [0, 0.1) is 6.92 Å². The Morgan fingerprint density at radius 2 is 2.10 bits per heavy atom. The molecule has 0 saturated heterocycles. The van der Waals surface area contributed by atoms with E-state index in [1.54, 1.807) is 6.92 Å². The molecule has 21 heavy (non-hydrogen) atoms. The van der Waals surface area contributed by atoms with Crippen molar-refractivity contribution in [1.29, 1.82) is 0 Å². The molecule has 0 atom stereocenters. The van der Waals surface area contributed by atoms with E-state index in [1.165, 1.54) is 0 Å². The number of urea groups is 1. The molecule has 7 nitrogen and oxygen atoms in total. The maximum Gasteiger partial charge on any atom is 0.347 e. The molecule has 1 aromatic rings. The smallest absolute Gasteiger partial charge is 0.347 e. The fourth-order valence-corrected chi connectivity index (χ4v) is 3.17. The molecule has 1 aromatic heterocycles. The number of hydrogen-bond donors (Lipinski definition) is 3. The van der Waals surface area contributed by atoms with Crippen molar-refractivity contribution < 1.29 is 19.5 Å². The predicted octanol–water partition coefficient (Wildman–Crippen LogP) is 1.87. The Morgan fingerprint density at radius 1 is 1.38 bits per heavy atom. The summed E-state index contributed by atoms with van der Waals surface area (Å²) in [6, 6.07) is -0.518. The van der Waals surface area contributed by atoms with E-state index in [4.69, 9.17) is 5.11 Å². The van der Waals surface area contributed by atoms with Gasteiger partial charge in [0.2, 0.25) is 5.91 Å². The van der Waals surface area contributed by atoms with Crippen LogP contribution in [0.1, 0.15) is 35.1 Å². The number of carbonyl (C=O) groups excluding carboxylic acids is 2. The van der Waals surface area contributed by atoms with Gasteiger partial charge in [-0.3, -0.25) is 10.1 Å². The number of aryl methyl sites for hydroxylation is 1. The van der Waals surface area contributed by atoms with E-state index in [9.17, 15) is 14.4 Å². The van der Waals surface area contributed by atoms with Crippen LogP contribution in [0.15, 0.2) is 4.34 Å². The molecule has 0 unspecified atom stereocenters. The van der Waals surface area contributed by atoms with Crippen LogP contribution in [-0.4, -0.2) is 40.3 Å². The van der Waals surface area contributed by atoms with Crippen molar-refractivity contribution in [1.82, 2.24) is 15.6 Å². The Hall–Kier alpha value is -1.61. The lowest BCUT2D eigenvalue weighted by Crippen LogP contribution is -2.40. The zero-order valence-corrected chi connectivity index (χ0v) is 13.4. The first-order valence-corrected chi connectivity index (χ1v) is 8.15. The summed E-state index contributed by atoms with van der Waals surface area (Å²) in [5.74, 6) is -1.47. The van der Waals surface area contributed by atoms with Crippen LogP contribution in [0.2, 0.25) is 0 Å². The van der Waals surface area contributed by atoms with Crippen LogP contribution in [-0.2, 0) is 4.79 Å². The van der Waals surface area contributed by atoms with Gasteiger partial charge >= 0.3 is 12.0 Å². The van der Waals surface area contributed by atoms with E-state index in [0.29, 0.717) is 16.6 Å². The number of rotatable bonds is 7. The van der Waals surface area contributed by atoms with Crippen LogP contribution in [0.3, 0.4) is 0 Å². The van der Waals surface area contributed by atoms with Crippen molar-refractivity contribution in [2.45, 2.75) is 31.0 Å². The maximum atomic E-state index is 11.6. The highest BCUT2D eigenvalue weighted by Gasteiger charge is 2.15. The number of amides is 3. The molecule has 0 aliphatic rings. The standard InChI is InChI=1S/C12H17N3O4S2/c1-3-4-5-13-11(19)15-8(16)6-20-12-14-7(2)9(21-12)10(17)18/h3-6H2,1-2H3,(H,17,18)(H2,13,15,16,19). The summed E-state index contributed by atoms with van der Waals surface area (Å²) >= 11 is 2.12. The first-order valence-electron chi connectivity index (χ1n) is 6.35. The predicted molar refractivity (Wildman–Crippen MR) is 81.0 cm³/mol. The van der Waals surface area contributed by atoms with Crippen molar-refractivity contribution >= 4 is 41.0 Å². The molecule has 1 rings (SSSR count). The van der Waals surface area contributed by atoms with Gasteiger partial charge in [-0.25, -0.2) is 14.6 Å². The number of imide groups is 1. The molecule has 0 saturated carbocycles. The molecule has 3 amide bonds. The second-order valence-corrected chi connectivity index (χ2v) is 6.37. The van der Waals surface area contributed by atoms with E-state index < -0.39 is 17.9 Å². The van der Waals surface area contributed by atoms with Gasteiger partial charge in [0.1, 0.15) is 4.88 Å². The summed E-state index contributed by atoms with van der Waals surface area (Å²) in [4.78, 5) is 38.0. The molecule has 0 spiro atoms. The zero-order valence-electron chi connectivity index (χ0n) is 11.8. The van der Waals surface area contributed by atoms with E-state index in [0.717, 1.165) is 35.9 Å². The van der Waals surface area contributed by atoms with Crippen LogP contribution >= 0.6 is 23.1 Å². The molecule has 116 valence electrons. The van der Waals surface area contributed by atoms with E-state index in [1.807, 2.05) is 6.92 Å². The SMILES string of the molecule is CCCCNC(=O)NC(=O)CSc1nc(C)c(C(=O)O)s1. The third kappa shape index (κ3) is 6.13. The largest absolute Gasteiger partial charge is 0.477 e. The molecule has 0 radical (unpaired) electrons. The first kappa shape index (κ1) is 17.4. The van der Waals surface area contributed by atoms with Gasteiger partial charge in [0, 0.05) is 6.54 Å². The van der Waals surface area contributed by atoms with Crippen molar-refractivity contribution in [2.75, 3.05) is 12.3 Å². The second kappa shape index (κ2) is 8.63. The molecule has 3 N–H and O–H groups in total. The number of nitrogens with one attached hydrogen (secondary N) is 2. The minimum absolute atomic E-state index is 0.00715. The number of thiazole rings is 1. The third-order valence-electron chi connectivity index (χ3n) is 2.37. The number of hydrogen-bond acceptors (Lipinski definition) is 6. The number of carbonyl (C=O) groups is 3. The Labute approximate surface area is 130 Å². The first-order chi connectivity index (χ1) is 9.93. The van der Waals surface area contributed by atoms with Gasteiger partial charge in [-0.05, 0) is 13.3 Å².